The number of aromatic nitrogens is 3. The highest BCUT2D eigenvalue weighted by Crippen LogP contribution is 2.30. The Balaban J connectivity index is 1.34. The molecule has 0 fully saturated rings. The summed E-state index contributed by atoms with van der Waals surface area (Å²) in [6, 6.07) is 16.8. The Morgan fingerprint density at radius 2 is 1.96 bits per heavy atom. The Bertz CT molecular complexity index is 1090. The fourth-order valence-electron chi connectivity index (χ4n) is 3.70. The van der Waals surface area contributed by atoms with Crippen molar-refractivity contribution in [3.8, 4) is 16.9 Å². The van der Waals surface area contributed by atoms with Crippen LogP contribution in [0.25, 0.3) is 16.9 Å². The summed E-state index contributed by atoms with van der Waals surface area (Å²) in [5.41, 5.74) is 4.85. The van der Waals surface area contributed by atoms with Gasteiger partial charge in [0, 0.05) is 49.6 Å². The Kier molecular flexibility index (Phi) is 4.25. The van der Waals surface area contributed by atoms with Crippen LogP contribution in [0.15, 0.2) is 71.5 Å². The zero-order chi connectivity index (χ0) is 18.9. The van der Waals surface area contributed by atoms with Gasteiger partial charge in [0.05, 0.1) is 5.69 Å². The summed E-state index contributed by atoms with van der Waals surface area (Å²) in [5.74, 6) is 0.642. The van der Waals surface area contributed by atoms with Crippen molar-refractivity contribution in [2.45, 2.75) is 19.5 Å². The molecular weight excluding hydrogens is 355 g/mol. The van der Waals surface area contributed by atoms with Crippen LogP contribution in [0.4, 0.5) is 4.39 Å². The van der Waals surface area contributed by atoms with Crippen LogP contribution in [0.1, 0.15) is 16.9 Å². The van der Waals surface area contributed by atoms with Crippen molar-refractivity contribution < 1.29 is 8.91 Å². The van der Waals surface area contributed by atoms with Crippen LogP contribution >= 0.6 is 0 Å². The Labute approximate surface area is 162 Å². The molecule has 0 saturated carbocycles. The molecule has 1 aliphatic rings. The lowest BCUT2D eigenvalue weighted by Crippen LogP contribution is -2.29. The molecule has 6 heteroatoms. The van der Waals surface area contributed by atoms with Gasteiger partial charge in [0.15, 0.2) is 0 Å². The fourth-order valence-corrected chi connectivity index (χ4v) is 3.70. The van der Waals surface area contributed by atoms with Gasteiger partial charge in [-0.1, -0.05) is 29.4 Å². The van der Waals surface area contributed by atoms with Gasteiger partial charge in [0.1, 0.15) is 17.3 Å². The lowest BCUT2D eigenvalue weighted by Gasteiger charge is -2.26. The van der Waals surface area contributed by atoms with E-state index in [9.17, 15) is 4.39 Å². The minimum absolute atomic E-state index is 0.265. The second-order valence-corrected chi connectivity index (χ2v) is 7.02. The van der Waals surface area contributed by atoms with Gasteiger partial charge in [-0.05, 0) is 35.9 Å². The van der Waals surface area contributed by atoms with E-state index >= 15 is 0 Å². The van der Waals surface area contributed by atoms with Crippen LogP contribution in [0.5, 0.6) is 0 Å². The Morgan fingerprint density at radius 1 is 1.07 bits per heavy atom. The van der Waals surface area contributed by atoms with Crippen LogP contribution < -0.4 is 0 Å². The first kappa shape index (κ1) is 16.9. The first-order valence-corrected chi connectivity index (χ1v) is 9.31. The summed E-state index contributed by atoms with van der Waals surface area (Å²) < 4.78 is 21.0. The van der Waals surface area contributed by atoms with E-state index in [-0.39, 0.29) is 5.82 Å². The van der Waals surface area contributed by atoms with E-state index in [2.05, 4.69) is 39.4 Å². The maximum Gasteiger partial charge on any atom is 0.143 e. The molecule has 4 aromatic rings. The molecule has 2 aromatic heterocycles. The van der Waals surface area contributed by atoms with Crippen molar-refractivity contribution in [2.24, 2.45) is 0 Å². The normalized spacial score (nSPS) is 14.2. The van der Waals surface area contributed by atoms with E-state index in [1.807, 2.05) is 23.0 Å². The Hall–Kier alpha value is -3.25. The van der Waals surface area contributed by atoms with Crippen LogP contribution in [0, 0.1) is 5.82 Å². The van der Waals surface area contributed by atoms with Gasteiger partial charge in [-0.3, -0.25) is 4.90 Å². The van der Waals surface area contributed by atoms with E-state index in [0.717, 1.165) is 54.3 Å². The maximum atomic E-state index is 13.6. The third-order valence-electron chi connectivity index (χ3n) is 5.12. The van der Waals surface area contributed by atoms with Crippen LogP contribution in [-0.4, -0.2) is 26.4 Å². The van der Waals surface area contributed by atoms with Gasteiger partial charge in [-0.2, -0.15) is 5.10 Å². The standard InChI is InChI=1S/C22H19FN4O/c23-18-4-1-3-17(13-18)22-20-15-26(12-9-21(20)28-25-22)14-16-5-7-19(8-6-16)27-11-2-10-24-27/h1-8,10-11,13H,9,12,14-15H2. The molecule has 3 heterocycles. The predicted octanol–water partition coefficient (Wildman–Crippen LogP) is 4.22. The molecule has 5 rings (SSSR count). The summed E-state index contributed by atoms with van der Waals surface area (Å²) in [5, 5.41) is 8.47. The highest BCUT2D eigenvalue weighted by Gasteiger charge is 2.25. The number of halogens is 1. The molecule has 5 nitrogen and oxygen atoms in total. The van der Waals surface area contributed by atoms with Crippen LogP contribution in [0.3, 0.4) is 0 Å². The second kappa shape index (κ2) is 7.05. The number of rotatable bonds is 4. The van der Waals surface area contributed by atoms with Gasteiger partial charge in [0.25, 0.3) is 0 Å². The van der Waals surface area contributed by atoms with Crippen LogP contribution in [0.2, 0.25) is 0 Å². The van der Waals surface area contributed by atoms with Crippen LogP contribution in [-0.2, 0) is 19.5 Å². The largest absolute Gasteiger partial charge is 0.360 e. The number of benzene rings is 2. The molecule has 0 bridgehead atoms. The minimum atomic E-state index is -0.265. The summed E-state index contributed by atoms with van der Waals surface area (Å²) >= 11 is 0. The highest BCUT2D eigenvalue weighted by atomic mass is 19.1. The van der Waals surface area contributed by atoms with Gasteiger partial charge >= 0.3 is 0 Å². The van der Waals surface area contributed by atoms with Gasteiger partial charge in [0.2, 0.25) is 0 Å². The zero-order valence-electron chi connectivity index (χ0n) is 15.3. The molecule has 0 spiro atoms. The van der Waals surface area contributed by atoms with E-state index in [0.29, 0.717) is 0 Å². The summed E-state index contributed by atoms with van der Waals surface area (Å²) in [4.78, 5) is 2.37. The van der Waals surface area contributed by atoms with Crippen molar-refractivity contribution in [3.63, 3.8) is 0 Å². The van der Waals surface area contributed by atoms with Crippen molar-refractivity contribution in [1.82, 2.24) is 19.8 Å². The number of hydrogen-bond donors (Lipinski definition) is 0. The molecule has 0 amide bonds. The van der Waals surface area contributed by atoms with Crippen molar-refractivity contribution >= 4 is 0 Å². The molecule has 140 valence electrons. The number of hydrogen-bond acceptors (Lipinski definition) is 4. The molecule has 1 aliphatic heterocycles. The molecule has 28 heavy (non-hydrogen) atoms. The van der Waals surface area contributed by atoms with Crippen molar-refractivity contribution in [1.29, 1.82) is 0 Å². The molecule has 0 aliphatic carbocycles. The van der Waals surface area contributed by atoms with Gasteiger partial charge < -0.3 is 4.52 Å². The monoisotopic (exact) mass is 374 g/mol. The third-order valence-corrected chi connectivity index (χ3v) is 5.12. The highest BCUT2D eigenvalue weighted by molar-refractivity contribution is 5.63. The van der Waals surface area contributed by atoms with E-state index in [1.165, 1.54) is 17.7 Å². The fraction of sp³-hybridized carbons (Fsp3) is 0.182. The van der Waals surface area contributed by atoms with Crippen molar-refractivity contribution in [3.05, 3.63) is 89.7 Å². The molecule has 0 atom stereocenters. The average molecular weight is 374 g/mol. The van der Waals surface area contributed by atoms with Gasteiger partial charge in [-0.15, -0.1) is 0 Å². The summed E-state index contributed by atoms with van der Waals surface area (Å²) in [6.45, 7) is 2.49. The summed E-state index contributed by atoms with van der Waals surface area (Å²) in [7, 11) is 0. The average Bonchev–Trinajstić information content (AvgIpc) is 3.38. The lowest BCUT2D eigenvalue weighted by molar-refractivity contribution is 0.228. The Morgan fingerprint density at radius 3 is 2.75 bits per heavy atom. The van der Waals surface area contributed by atoms with E-state index < -0.39 is 0 Å². The number of nitrogens with zero attached hydrogens (tertiary/aromatic N) is 4. The molecular formula is C22H19FN4O. The smallest absolute Gasteiger partial charge is 0.143 e. The van der Waals surface area contributed by atoms with Crippen molar-refractivity contribution in [2.75, 3.05) is 6.54 Å². The predicted molar refractivity (Wildman–Crippen MR) is 103 cm³/mol. The van der Waals surface area contributed by atoms with E-state index in [4.69, 9.17) is 4.52 Å². The molecule has 0 unspecified atom stereocenters. The minimum Gasteiger partial charge on any atom is -0.360 e. The lowest BCUT2D eigenvalue weighted by atomic mass is 10.0. The molecule has 0 saturated heterocycles. The summed E-state index contributed by atoms with van der Waals surface area (Å²) in [6.07, 6.45) is 4.51. The second-order valence-electron chi connectivity index (χ2n) is 7.02. The first-order chi connectivity index (χ1) is 13.8. The molecule has 0 radical (unpaired) electrons. The molecule has 2 aromatic carbocycles. The molecule has 0 N–H and O–H groups in total. The first-order valence-electron chi connectivity index (χ1n) is 9.31. The SMILES string of the molecule is Fc1cccc(-c2noc3c2CN(Cc2ccc(-n4cccn4)cc2)CC3)c1. The quantitative estimate of drug-likeness (QED) is 0.536. The topological polar surface area (TPSA) is 47.1 Å². The maximum absolute atomic E-state index is 13.6. The van der Waals surface area contributed by atoms with Gasteiger partial charge in [-0.25, -0.2) is 9.07 Å². The third kappa shape index (κ3) is 3.23. The zero-order valence-corrected chi connectivity index (χ0v) is 15.3. The van der Waals surface area contributed by atoms with E-state index in [1.54, 1.807) is 12.3 Å². The number of fused-ring (bicyclic) bond motifs is 1.